The van der Waals surface area contributed by atoms with Crippen molar-refractivity contribution < 1.29 is 19.6 Å². The number of hydroxylamine groups is 2. The zero-order chi connectivity index (χ0) is 23.3. The number of amides is 5. The number of carbonyl (C=O) groups is 3. The molecule has 0 unspecified atom stereocenters. The number of rotatable bonds is 4. The van der Waals surface area contributed by atoms with Gasteiger partial charge >= 0.3 is 12.1 Å². The fraction of sp³-hybridized carbons (Fsp3) is 0.0556. The Kier molecular flexibility index (Phi) is 7.19. The molecule has 5 N–H and O–H groups in total. The maximum absolute atomic E-state index is 12.3. The number of hydrazine groups is 1. The van der Waals surface area contributed by atoms with Gasteiger partial charge in [-0.2, -0.15) is 0 Å². The van der Waals surface area contributed by atoms with Crippen LogP contribution in [0.2, 0.25) is 0 Å². The van der Waals surface area contributed by atoms with Crippen molar-refractivity contribution in [1.82, 2.24) is 30.7 Å². The zero-order valence-electron chi connectivity index (χ0n) is 16.5. The highest BCUT2D eigenvalue weighted by atomic mass is 32.1. The Labute approximate surface area is 192 Å². The van der Waals surface area contributed by atoms with E-state index in [0.717, 1.165) is 7.05 Å². The second-order valence-electron chi connectivity index (χ2n) is 6.25. The van der Waals surface area contributed by atoms with E-state index in [-0.39, 0.29) is 10.6 Å². The molecule has 0 spiro atoms. The Morgan fingerprint density at radius 3 is 2.19 bits per heavy atom. The molecule has 1 heterocycles. The number of urea groups is 2. The zero-order valence-corrected chi connectivity index (χ0v) is 18.3. The minimum atomic E-state index is -0.905. The molecule has 12 nitrogen and oxygen atoms in total. The number of benzene rings is 2. The molecule has 14 heteroatoms. The van der Waals surface area contributed by atoms with Crippen molar-refractivity contribution in [2.24, 2.45) is 0 Å². The fourth-order valence-electron chi connectivity index (χ4n) is 2.48. The maximum Gasteiger partial charge on any atom is 0.359 e. The molecule has 0 aliphatic rings. The highest BCUT2D eigenvalue weighted by Crippen LogP contribution is 2.21. The molecule has 0 saturated heterocycles. The van der Waals surface area contributed by atoms with Gasteiger partial charge in [-0.05, 0) is 42.5 Å². The van der Waals surface area contributed by atoms with E-state index in [1.165, 1.54) is 24.3 Å². The van der Waals surface area contributed by atoms with Crippen LogP contribution in [-0.4, -0.2) is 50.1 Å². The number of aromatic nitrogens is 3. The van der Waals surface area contributed by atoms with Crippen LogP contribution < -0.4 is 21.5 Å². The van der Waals surface area contributed by atoms with Gasteiger partial charge < -0.3 is 10.6 Å². The van der Waals surface area contributed by atoms with Gasteiger partial charge in [0, 0.05) is 24.0 Å². The third-order valence-electron chi connectivity index (χ3n) is 3.97. The maximum atomic E-state index is 12.3. The van der Waals surface area contributed by atoms with Crippen LogP contribution in [0.4, 0.5) is 21.0 Å². The summed E-state index contributed by atoms with van der Waals surface area (Å²) in [5, 5.41) is 22.9. The lowest BCUT2D eigenvalue weighted by Crippen LogP contribution is -2.46. The van der Waals surface area contributed by atoms with Crippen molar-refractivity contribution in [3.63, 3.8) is 0 Å². The predicted octanol–water partition coefficient (Wildman–Crippen LogP) is 2.16. The summed E-state index contributed by atoms with van der Waals surface area (Å²) in [6.07, 6.45) is 0. The van der Waals surface area contributed by atoms with Crippen molar-refractivity contribution in [3.05, 3.63) is 54.1 Å². The molecule has 0 radical (unpaired) electrons. The van der Waals surface area contributed by atoms with E-state index in [2.05, 4.69) is 51.5 Å². The summed E-state index contributed by atoms with van der Waals surface area (Å²) in [4.78, 5) is 35.5. The van der Waals surface area contributed by atoms with E-state index < -0.39 is 18.0 Å². The van der Waals surface area contributed by atoms with E-state index in [4.69, 9.17) is 5.21 Å². The molecule has 32 heavy (non-hydrogen) atoms. The first kappa shape index (κ1) is 22.9. The Morgan fingerprint density at radius 2 is 1.56 bits per heavy atom. The van der Waals surface area contributed by atoms with Crippen molar-refractivity contribution in [2.45, 2.75) is 10.3 Å². The summed E-state index contributed by atoms with van der Waals surface area (Å²) < 4.78 is 1.60. The lowest BCUT2D eigenvalue weighted by atomic mass is 10.2. The van der Waals surface area contributed by atoms with E-state index in [9.17, 15) is 14.4 Å². The molecule has 3 rings (SSSR count). The Morgan fingerprint density at radius 1 is 0.938 bits per heavy atom. The van der Waals surface area contributed by atoms with Gasteiger partial charge in [-0.3, -0.25) is 20.0 Å². The summed E-state index contributed by atoms with van der Waals surface area (Å²) >= 11 is 8.47. The van der Waals surface area contributed by atoms with Crippen LogP contribution in [-0.2, 0) is 0 Å². The smallest absolute Gasteiger partial charge is 0.308 e. The lowest BCUT2D eigenvalue weighted by Gasteiger charge is -2.12. The first-order valence-electron chi connectivity index (χ1n) is 8.89. The van der Waals surface area contributed by atoms with Crippen molar-refractivity contribution >= 4 is 54.6 Å². The van der Waals surface area contributed by atoms with E-state index >= 15 is 0 Å². The number of hydrogen-bond acceptors (Lipinski definition) is 8. The van der Waals surface area contributed by atoms with Gasteiger partial charge in [0.05, 0.1) is 5.69 Å². The van der Waals surface area contributed by atoms with Crippen molar-refractivity contribution in [1.29, 1.82) is 0 Å². The molecule has 0 saturated carbocycles. The third kappa shape index (κ3) is 5.69. The molecule has 0 atom stereocenters. The average Bonchev–Trinajstić information content (AvgIpc) is 3.10. The molecular formula is C18H18N8O4S2. The summed E-state index contributed by atoms with van der Waals surface area (Å²) in [6.45, 7) is 0. The summed E-state index contributed by atoms with van der Waals surface area (Å²) in [7, 11) is 1.10. The molecule has 5 amide bonds. The van der Waals surface area contributed by atoms with Crippen LogP contribution >= 0.6 is 25.3 Å². The van der Waals surface area contributed by atoms with Crippen LogP contribution in [0.5, 0.6) is 0 Å². The van der Waals surface area contributed by atoms with Crippen LogP contribution in [0.3, 0.4) is 0 Å². The Balaban J connectivity index is 1.59. The average molecular weight is 475 g/mol. The SMILES string of the molecule is CN(O)C(=O)NNC(=O)c1ccc(NC(=O)Nc2cccc(-n3c(S)nnc3S)c2)cc1. The molecule has 0 bridgehead atoms. The largest absolute Gasteiger partial charge is 0.359 e. The first-order chi connectivity index (χ1) is 15.2. The fourth-order valence-corrected chi connectivity index (χ4v) is 3.07. The van der Waals surface area contributed by atoms with Gasteiger partial charge in [0.25, 0.3) is 5.91 Å². The van der Waals surface area contributed by atoms with Crippen LogP contribution in [0.1, 0.15) is 10.4 Å². The number of carbonyl (C=O) groups excluding carboxylic acids is 3. The van der Waals surface area contributed by atoms with E-state index in [1.54, 1.807) is 28.8 Å². The first-order valence-corrected chi connectivity index (χ1v) is 9.79. The van der Waals surface area contributed by atoms with Gasteiger partial charge in [0.15, 0.2) is 10.3 Å². The van der Waals surface area contributed by atoms with Crippen molar-refractivity contribution in [3.8, 4) is 5.69 Å². The number of nitrogens with zero attached hydrogens (tertiary/aromatic N) is 4. The second kappa shape index (κ2) is 10.0. The highest BCUT2D eigenvalue weighted by Gasteiger charge is 2.11. The molecule has 0 aliphatic carbocycles. The van der Waals surface area contributed by atoms with Gasteiger partial charge in [-0.25, -0.2) is 20.1 Å². The van der Waals surface area contributed by atoms with Gasteiger partial charge in [-0.15, -0.1) is 35.5 Å². The molecule has 0 aliphatic heterocycles. The number of nitrogens with one attached hydrogen (secondary N) is 4. The topological polar surface area (TPSA) is 154 Å². The molecule has 2 aromatic carbocycles. The molecular weight excluding hydrogens is 456 g/mol. The second-order valence-corrected chi connectivity index (χ2v) is 7.05. The minimum absolute atomic E-state index is 0.226. The molecule has 1 aromatic heterocycles. The van der Waals surface area contributed by atoms with Crippen molar-refractivity contribution in [2.75, 3.05) is 17.7 Å². The lowest BCUT2D eigenvalue weighted by molar-refractivity contribution is -0.0194. The van der Waals surface area contributed by atoms with Crippen LogP contribution in [0.15, 0.2) is 58.8 Å². The number of thiol groups is 2. The number of hydrogen-bond donors (Lipinski definition) is 7. The highest BCUT2D eigenvalue weighted by molar-refractivity contribution is 7.80. The predicted molar refractivity (Wildman–Crippen MR) is 120 cm³/mol. The monoisotopic (exact) mass is 474 g/mol. The van der Waals surface area contributed by atoms with Gasteiger partial charge in [0.2, 0.25) is 0 Å². The summed E-state index contributed by atoms with van der Waals surface area (Å²) in [6, 6.07) is 11.5. The summed E-state index contributed by atoms with van der Waals surface area (Å²) in [5.41, 5.74) is 5.98. The Bertz CT molecular complexity index is 1130. The number of anilines is 2. The third-order valence-corrected chi connectivity index (χ3v) is 4.55. The molecule has 166 valence electrons. The summed E-state index contributed by atoms with van der Waals surface area (Å²) in [5.74, 6) is -0.603. The standard InChI is InChI=1S/C18H18N8O4S2/c1-25(30)16(29)22-21-14(27)10-5-7-11(8-6-10)19-15(28)20-12-3-2-4-13(9-12)26-17(31)23-24-18(26)32/h2-9,30H,1H3,(H,21,27)(H,22,29)(H,23,31)(H,24,32)(H2,19,20,28). The minimum Gasteiger partial charge on any atom is -0.308 e. The Hall–Kier alpha value is -3.75. The molecule has 3 aromatic rings. The van der Waals surface area contributed by atoms with Crippen LogP contribution in [0.25, 0.3) is 5.69 Å². The normalized spacial score (nSPS) is 10.2. The quantitative estimate of drug-likeness (QED) is 0.175. The van der Waals surface area contributed by atoms with E-state index in [1.807, 2.05) is 5.43 Å². The van der Waals surface area contributed by atoms with Gasteiger partial charge in [0.1, 0.15) is 0 Å². The molecule has 0 fully saturated rings. The van der Waals surface area contributed by atoms with Gasteiger partial charge in [-0.1, -0.05) is 6.07 Å². The van der Waals surface area contributed by atoms with E-state index in [0.29, 0.717) is 27.4 Å². The van der Waals surface area contributed by atoms with Crippen LogP contribution in [0, 0.1) is 0 Å².